The lowest BCUT2D eigenvalue weighted by atomic mass is 10.0. The SMILES string of the molecule is CCC(C)[C@H](N)COC. The van der Waals surface area contributed by atoms with Gasteiger partial charge in [-0.05, 0) is 5.92 Å². The van der Waals surface area contributed by atoms with Crippen LogP contribution in [0.5, 0.6) is 0 Å². The molecule has 0 radical (unpaired) electrons. The van der Waals surface area contributed by atoms with Crippen LogP contribution in [0.3, 0.4) is 0 Å². The number of nitrogens with two attached hydrogens (primary N) is 1. The molecule has 0 aromatic carbocycles. The fourth-order valence-electron chi connectivity index (χ4n) is 0.659. The molecule has 0 aliphatic carbocycles. The van der Waals surface area contributed by atoms with E-state index < -0.39 is 0 Å². The first kappa shape index (κ1) is 8.92. The van der Waals surface area contributed by atoms with Crippen molar-refractivity contribution in [2.24, 2.45) is 11.7 Å². The molecule has 0 bridgehead atoms. The first-order chi connectivity index (χ1) is 4.22. The second-order valence-corrected chi connectivity index (χ2v) is 2.50. The molecular weight excluding hydrogens is 114 g/mol. The fraction of sp³-hybridized carbons (Fsp3) is 1.00. The third kappa shape index (κ3) is 3.49. The van der Waals surface area contributed by atoms with Crippen molar-refractivity contribution in [2.75, 3.05) is 13.7 Å². The lowest BCUT2D eigenvalue weighted by Crippen LogP contribution is -2.32. The van der Waals surface area contributed by atoms with Crippen LogP contribution in [-0.2, 0) is 4.74 Å². The Hall–Kier alpha value is -0.0800. The largest absolute Gasteiger partial charge is 0.383 e. The van der Waals surface area contributed by atoms with Crippen LogP contribution in [0.4, 0.5) is 0 Å². The fourth-order valence-corrected chi connectivity index (χ4v) is 0.659. The van der Waals surface area contributed by atoms with Gasteiger partial charge in [-0.15, -0.1) is 0 Å². The molecule has 0 heterocycles. The van der Waals surface area contributed by atoms with Crippen LogP contribution in [-0.4, -0.2) is 19.8 Å². The first-order valence-electron chi connectivity index (χ1n) is 3.46. The molecule has 0 spiro atoms. The van der Waals surface area contributed by atoms with Gasteiger partial charge >= 0.3 is 0 Å². The molecule has 0 aliphatic heterocycles. The Morgan fingerprint density at radius 1 is 1.56 bits per heavy atom. The van der Waals surface area contributed by atoms with Crippen LogP contribution in [0.25, 0.3) is 0 Å². The quantitative estimate of drug-likeness (QED) is 0.618. The smallest absolute Gasteiger partial charge is 0.0616 e. The van der Waals surface area contributed by atoms with Crippen LogP contribution in [0, 0.1) is 5.92 Å². The summed E-state index contributed by atoms with van der Waals surface area (Å²) >= 11 is 0. The Balaban J connectivity index is 3.32. The summed E-state index contributed by atoms with van der Waals surface area (Å²) < 4.78 is 4.90. The summed E-state index contributed by atoms with van der Waals surface area (Å²) in [5.74, 6) is 0.574. The number of ether oxygens (including phenoxy) is 1. The minimum Gasteiger partial charge on any atom is -0.383 e. The van der Waals surface area contributed by atoms with E-state index in [9.17, 15) is 0 Å². The average Bonchev–Trinajstić information content (AvgIpc) is 1.87. The average molecular weight is 131 g/mol. The highest BCUT2D eigenvalue weighted by atomic mass is 16.5. The zero-order chi connectivity index (χ0) is 7.28. The normalized spacial score (nSPS) is 17.3. The van der Waals surface area contributed by atoms with E-state index in [0.29, 0.717) is 12.5 Å². The van der Waals surface area contributed by atoms with Gasteiger partial charge in [0.1, 0.15) is 0 Å². The van der Waals surface area contributed by atoms with Gasteiger partial charge in [-0.1, -0.05) is 20.3 Å². The highest BCUT2D eigenvalue weighted by Crippen LogP contribution is 2.04. The molecule has 0 fully saturated rings. The standard InChI is InChI=1S/C7H17NO/c1-4-6(2)7(8)5-9-3/h6-7H,4-5,8H2,1-3H3/t6?,7-/m1/s1. The van der Waals surface area contributed by atoms with Crippen molar-refractivity contribution in [1.29, 1.82) is 0 Å². The van der Waals surface area contributed by atoms with Crippen molar-refractivity contribution in [3.8, 4) is 0 Å². The Labute approximate surface area is 57.4 Å². The van der Waals surface area contributed by atoms with Crippen LogP contribution in [0.15, 0.2) is 0 Å². The topological polar surface area (TPSA) is 35.2 Å². The number of rotatable bonds is 4. The lowest BCUT2D eigenvalue weighted by Gasteiger charge is -2.16. The number of hydrogen-bond acceptors (Lipinski definition) is 2. The van der Waals surface area contributed by atoms with Gasteiger partial charge in [0.25, 0.3) is 0 Å². The molecule has 1 unspecified atom stereocenters. The summed E-state index contributed by atoms with van der Waals surface area (Å²) in [4.78, 5) is 0. The molecule has 2 atom stereocenters. The van der Waals surface area contributed by atoms with Crippen molar-refractivity contribution in [3.63, 3.8) is 0 Å². The molecule has 2 nitrogen and oxygen atoms in total. The Morgan fingerprint density at radius 3 is 2.44 bits per heavy atom. The van der Waals surface area contributed by atoms with E-state index in [0.717, 1.165) is 6.42 Å². The molecule has 2 heteroatoms. The highest BCUT2D eigenvalue weighted by Gasteiger charge is 2.08. The van der Waals surface area contributed by atoms with Gasteiger partial charge in [-0.25, -0.2) is 0 Å². The van der Waals surface area contributed by atoms with Crippen LogP contribution in [0.1, 0.15) is 20.3 Å². The molecule has 0 aromatic rings. The summed E-state index contributed by atoms with van der Waals surface area (Å²) in [6.07, 6.45) is 1.13. The van der Waals surface area contributed by atoms with E-state index in [-0.39, 0.29) is 6.04 Å². The Morgan fingerprint density at radius 2 is 2.11 bits per heavy atom. The molecular formula is C7H17NO. The zero-order valence-corrected chi connectivity index (χ0v) is 6.55. The maximum Gasteiger partial charge on any atom is 0.0616 e. The highest BCUT2D eigenvalue weighted by molar-refractivity contribution is 4.65. The van der Waals surface area contributed by atoms with E-state index in [1.165, 1.54) is 0 Å². The van der Waals surface area contributed by atoms with Gasteiger partial charge in [0.05, 0.1) is 6.61 Å². The van der Waals surface area contributed by atoms with E-state index in [4.69, 9.17) is 10.5 Å². The monoisotopic (exact) mass is 131 g/mol. The van der Waals surface area contributed by atoms with Gasteiger partial charge in [0.15, 0.2) is 0 Å². The third-order valence-electron chi connectivity index (χ3n) is 1.73. The number of methoxy groups -OCH3 is 1. The Kier molecular flexibility index (Phi) is 4.72. The van der Waals surface area contributed by atoms with Crippen molar-refractivity contribution >= 4 is 0 Å². The second kappa shape index (κ2) is 4.77. The maximum absolute atomic E-state index is 5.71. The molecule has 0 aromatic heterocycles. The predicted molar refractivity (Wildman–Crippen MR) is 39.3 cm³/mol. The van der Waals surface area contributed by atoms with Crippen molar-refractivity contribution in [1.82, 2.24) is 0 Å². The molecule has 0 aliphatic rings. The molecule has 2 N–H and O–H groups in total. The molecule has 0 rings (SSSR count). The van der Waals surface area contributed by atoms with Crippen molar-refractivity contribution in [2.45, 2.75) is 26.3 Å². The van der Waals surface area contributed by atoms with Crippen LogP contribution >= 0.6 is 0 Å². The molecule has 0 saturated heterocycles. The molecule has 0 saturated carbocycles. The van der Waals surface area contributed by atoms with Crippen LogP contribution < -0.4 is 5.73 Å². The minimum atomic E-state index is 0.208. The summed E-state index contributed by atoms with van der Waals surface area (Å²) in [6, 6.07) is 0.208. The minimum absolute atomic E-state index is 0.208. The van der Waals surface area contributed by atoms with E-state index in [1.54, 1.807) is 7.11 Å². The van der Waals surface area contributed by atoms with E-state index in [1.807, 2.05) is 0 Å². The number of hydrogen-bond donors (Lipinski definition) is 1. The van der Waals surface area contributed by atoms with Gasteiger partial charge in [-0.2, -0.15) is 0 Å². The van der Waals surface area contributed by atoms with Gasteiger partial charge in [0.2, 0.25) is 0 Å². The summed E-state index contributed by atoms with van der Waals surface area (Å²) in [7, 11) is 1.68. The summed E-state index contributed by atoms with van der Waals surface area (Å²) in [6.45, 7) is 4.96. The van der Waals surface area contributed by atoms with Gasteiger partial charge < -0.3 is 10.5 Å². The van der Waals surface area contributed by atoms with Gasteiger partial charge in [0, 0.05) is 13.2 Å². The van der Waals surface area contributed by atoms with Gasteiger partial charge in [-0.3, -0.25) is 0 Å². The van der Waals surface area contributed by atoms with Crippen LogP contribution in [0.2, 0.25) is 0 Å². The second-order valence-electron chi connectivity index (χ2n) is 2.50. The summed E-state index contributed by atoms with van der Waals surface area (Å²) in [5, 5.41) is 0. The Bertz CT molecular complexity index is 65.9. The third-order valence-corrected chi connectivity index (χ3v) is 1.73. The van der Waals surface area contributed by atoms with Crippen molar-refractivity contribution in [3.05, 3.63) is 0 Å². The van der Waals surface area contributed by atoms with E-state index in [2.05, 4.69) is 13.8 Å². The zero-order valence-electron chi connectivity index (χ0n) is 6.55. The lowest BCUT2D eigenvalue weighted by molar-refractivity contribution is 0.159. The molecule has 56 valence electrons. The molecule has 9 heavy (non-hydrogen) atoms. The first-order valence-corrected chi connectivity index (χ1v) is 3.46. The van der Waals surface area contributed by atoms with E-state index >= 15 is 0 Å². The molecule has 0 amide bonds. The summed E-state index contributed by atoms with van der Waals surface area (Å²) in [5.41, 5.74) is 5.71. The predicted octanol–water partition coefficient (Wildman–Crippen LogP) is 1.01. The van der Waals surface area contributed by atoms with Crippen molar-refractivity contribution < 1.29 is 4.74 Å². The maximum atomic E-state index is 5.71.